The largest absolute Gasteiger partial charge is 0.507 e. The second kappa shape index (κ2) is 8.83. The number of hydrogen-bond acceptors (Lipinski definition) is 6. The minimum Gasteiger partial charge on any atom is -0.507 e. The van der Waals surface area contributed by atoms with E-state index in [0.29, 0.717) is 21.5 Å². The fourth-order valence-corrected chi connectivity index (χ4v) is 5.42. The number of carbonyl (C=O) groups excluding carboxylic acids is 1. The second-order valence-corrected chi connectivity index (χ2v) is 9.56. The zero-order chi connectivity index (χ0) is 22.1. The number of phenols is 1. The smallest absolute Gasteiger partial charge is 0.254 e. The second-order valence-electron chi connectivity index (χ2n) is 6.86. The van der Waals surface area contributed by atoms with Gasteiger partial charge in [0.25, 0.3) is 5.91 Å². The predicted molar refractivity (Wildman–Crippen MR) is 115 cm³/mol. The van der Waals surface area contributed by atoms with Crippen LogP contribution < -0.4 is 9.47 Å². The number of nitrogens with zero attached hydrogens (tertiary/aromatic N) is 2. The Balaban J connectivity index is 1.77. The van der Waals surface area contributed by atoms with Gasteiger partial charge in [0.05, 0.1) is 14.2 Å². The average Bonchev–Trinajstić information content (AvgIpc) is 2.75. The molecule has 1 heterocycles. The summed E-state index contributed by atoms with van der Waals surface area (Å²) in [7, 11) is -0.860. The third-order valence-electron chi connectivity index (χ3n) is 4.95. The van der Waals surface area contributed by atoms with Gasteiger partial charge in [-0.1, -0.05) is 6.07 Å². The lowest BCUT2D eigenvalue weighted by Crippen LogP contribution is -2.50. The van der Waals surface area contributed by atoms with Crippen LogP contribution in [0.25, 0.3) is 0 Å². The number of carbonyl (C=O) groups is 1. The summed E-state index contributed by atoms with van der Waals surface area (Å²) >= 11 is 3.37. The average molecular weight is 499 g/mol. The SMILES string of the molecule is COc1cc(C(=O)N2CCN(S(=O)(=O)c3cc(C)ccc3O)CC2)cc(OC)c1Br. The minimum atomic E-state index is -3.86. The molecule has 10 heteroatoms. The van der Waals surface area contributed by atoms with Crippen LogP contribution in [0.4, 0.5) is 0 Å². The van der Waals surface area contributed by atoms with Gasteiger partial charge in [-0.15, -0.1) is 0 Å². The molecular weight excluding hydrogens is 476 g/mol. The first-order valence-electron chi connectivity index (χ1n) is 9.19. The van der Waals surface area contributed by atoms with Crippen LogP contribution in [0.5, 0.6) is 17.2 Å². The van der Waals surface area contributed by atoms with Crippen molar-refractivity contribution in [1.82, 2.24) is 9.21 Å². The number of ether oxygens (including phenoxy) is 2. The molecule has 0 bridgehead atoms. The number of rotatable bonds is 5. The van der Waals surface area contributed by atoms with Gasteiger partial charge in [0, 0.05) is 31.7 Å². The van der Waals surface area contributed by atoms with Crippen molar-refractivity contribution in [3.05, 3.63) is 45.9 Å². The van der Waals surface area contributed by atoms with E-state index in [2.05, 4.69) is 15.9 Å². The van der Waals surface area contributed by atoms with Gasteiger partial charge >= 0.3 is 0 Å². The monoisotopic (exact) mass is 498 g/mol. The maximum atomic E-state index is 13.0. The number of benzene rings is 2. The fraction of sp³-hybridized carbons (Fsp3) is 0.350. The van der Waals surface area contributed by atoms with Gasteiger partial charge in [0.1, 0.15) is 26.6 Å². The van der Waals surface area contributed by atoms with Crippen molar-refractivity contribution in [3.63, 3.8) is 0 Å². The quantitative estimate of drug-likeness (QED) is 0.680. The number of piperazine rings is 1. The number of amides is 1. The zero-order valence-corrected chi connectivity index (χ0v) is 19.3. The minimum absolute atomic E-state index is 0.121. The highest BCUT2D eigenvalue weighted by atomic mass is 79.9. The number of methoxy groups -OCH3 is 2. The summed E-state index contributed by atoms with van der Waals surface area (Å²) in [5, 5.41) is 10.0. The molecule has 1 aliphatic rings. The van der Waals surface area contributed by atoms with Gasteiger partial charge < -0.3 is 19.5 Å². The lowest BCUT2D eigenvalue weighted by Gasteiger charge is -2.34. The molecule has 0 atom stereocenters. The molecule has 0 radical (unpaired) electrons. The number of halogens is 1. The fourth-order valence-electron chi connectivity index (χ4n) is 3.27. The summed E-state index contributed by atoms with van der Waals surface area (Å²) in [6.07, 6.45) is 0. The first-order chi connectivity index (χ1) is 14.2. The molecule has 1 N–H and O–H groups in total. The topological polar surface area (TPSA) is 96.4 Å². The van der Waals surface area contributed by atoms with Gasteiger partial charge in [-0.25, -0.2) is 8.42 Å². The summed E-state index contributed by atoms with van der Waals surface area (Å²) < 4.78 is 38.3. The molecule has 8 nitrogen and oxygen atoms in total. The summed E-state index contributed by atoms with van der Waals surface area (Å²) in [4.78, 5) is 14.4. The van der Waals surface area contributed by atoms with Crippen molar-refractivity contribution >= 4 is 31.9 Å². The molecule has 1 aliphatic heterocycles. The zero-order valence-electron chi connectivity index (χ0n) is 16.9. The van der Waals surface area contributed by atoms with Crippen LogP contribution in [0, 0.1) is 6.92 Å². The molecular formula is C20H23BrN2O6S. The Labute approximate surface area is 184 Å². The summed E-state index contributed by atoms with van der Waals surface area (Å²) in [5.41, 5.74) is 1.12. The molecule has 1 fully saturated rings. The number of sulfonamides is 1. The molecule has 2 aromatic rings. The van der Waals surface area contributed by atoms with Crippen LogP contribution in [-0.2, 0) is 10.0 Å². The van der Waals surface area contributed by atoms with Crippen LogP contribution in [0.1, 0.15) is 15.9 Å². The normalized spacial score (nSPS) is 15.1. The van der Waals surface area contributed by atoms with E-state index in [1.54, 1.807) is 30.0 Å². The van der Waals surface area contributed by atoms with Gasteiger partial charge in [0.2, 0.25) is 10.0 Å². The number of aromatic hydroxyl groups is 1. The molecule has 3 rings (SSSR count). The van der Waals surface area contributed by atoms with E-state index in [0.717, 1.165) is 5.56 Å². The highest BCUT2D eigenvalue weighted by molar-refractivity contribution is 9.10. The lowest BCUT2D eigenvalue weighted by atomic mass is 10.1. The summed E-state index contributed by atoms with van der Waals surface area (Å²) in [5.74, 6) is 0.408. The van der Waals surface area contributed by atoms with Crippen LogP contribution in [0.2, 0.25) is 0 Å². The van der Waals surface area contributed by atoms with Crippen molar-refractivity contribution < 1.29 is 27.8 Å². The Morgan fingerprint density at radius 1 is 1.03 bits per heavy atom. The van der Waals surface area contributed by atoms with E-state index in [4.69, 9.17) is 9.47 Å². The third-order valence-corrected chi connectivity index (χ3v) is 7.66. The molecule has 0 saturated carbocycles. The molecule has 162 valence electrons. The highest BCUT2D eigenvalue weighted by Gasteiger charge is 2.32. The van der Waals surface area contributed by atoms with Gasteiger partial charge in [-0.2, -0.15) is 4.31 Å². The Hall–Kier alpha value is -2.30. The molecule has 2 aromatic carbocycles. The summed E-state index contributed by atoms with van der Waals surface area (Å²) in [6, 6.07) is 7.69. The van der Waals surface area contributed by atoms with Crippen molar-refractivity contribution in [2.45, 2.75) is 11.8 Å². The van der Waals surface area contributed by atoms with Crippen molar-refractivity contribution in [2.75, 3.05) is 40.4 Å². The maximum Gasteiger partial charge on any atom is 0.254 e. The predicted octanol–water partition coefficient (Wildman–Crippen LogP) is 2.63. The van der Waals surface area contributed by atoms with E-state index >= 15 is 0 Å². The van der Waals surface area contributed by atoms with Crippen LogP contribution in [0.15, 0.2) is 39.7 Å². The van der Waals surface area contributed by atoms with Crippen molar-refractivity contribution in [3.8, 4) is 17.2 Å². The number of aryl methyl sites for hydroxylation is 1. The number of hydrogen-bond donors (Lipinski definition) is 1. The molecule has 0 aromatic heterocycles. The van der Waals surface area contributed by atoms with E-state index in [9.17, 15) is 18.3 Å². The Morgan fingerprint density at radius 2 is 1.60 bits per heavy atom. The molecule has 1 saturated heterocycles. The standard InChI is InChI=1S/C20H23BrN2O6S/c1-13-4-5-15(24)18(10-13)30(26,27)23-8-6-22(7-9-23)20(25)14-11-16(28-2)19(21)17(12-14)29-3/h4-5,10-12,24H,6-9H2,1-3H3. The van der Waals surface area contributed by atoms with Gasteiger partial charge in [-0.3, -0.25) is 4.79 Å². The lowest BCUT2D eigenvalue weighted by molar-refractivity contribution is 0.0697. The number of phenolic OH excluding ortho intramolecular Hbond substituents is 1. The first kappa shape index (κ1) is 22.4. The van der Waals surface area contributed by atoms with Crippen LogP contribution in [0.3, 0.4) is 0 Å². The van der Waals surface area contributed by atoms with E-state index in [1.807, 2.05) is 0 Å². The molecule has 0 spiro atoms. The third kappa shape index (κ3) is 4.26. The van der Waals surface area contributed by atoms with E-state index < -0.39 is 10.0 Å². The molecule has 0 unspecified atom stereocenters. The maximum absolute atomic E-state index is 13.0. The van der Waals surface area contributed by atoms with Crippen molar-refractivity contribution in [1.29, 1.82) is 0 Å². The Bertz CT molecular complexity index is 1040. The van der Waals surface area contributed by atoms with Gasteiger partial charge in [-0.05, 0) is 52.7 Å². The Kier molecular flexibility index (Phi) is 6.59. The molecule has 0 aliphatic carbocycles. The van der Waals surface area contributed by atoms with E-state index in [-0.39, 0.29) is 42.7 Å². The van der Waals surface area contributed by atoms with Crippen LogP contribution in [-0.4, -0.2) is 69.0 Å². The van der Waals surface area contributed by atoms with E-state index in [1.165, 1.54) is 30.7 Å². The molecule has 30 heavy (non-hydrogen) atoms. The Morgan fingerprint density at radius 3 is 2.13 bits per heavy atom. The van der Waals surface area contributed by atoms with Crippen molar-refractivity contribution in [2.24, 2.45) is 0 Å². The highest BCUT2D eigenvalue weighted by Crippen LogP contribution is 2.36. The summed E-state index contributed by atoms with van der Waals surface area (Å²) in [6.45, 7) is 2.48. The van der Waals surface area contributed by atoms with Crippen LogP contribution >= 0.6 is 15.9 Å². The van der Waals surface area contributed by atoms with Gasteiger partial charge in [0.15, 0.2) is 0 Å². The molecule has 1 amide bonds. The first-order valence-corrected chi connectivity index (χ1v) is 11.4.